The lowest BCUT2D eigenvalue weighted by atomic mass is 10.1. The number of rotatable bonds is 2. The smallest absolute Gasteiger partial charge is 0.147 e. The number of anilines is 1. The topological polar surface area (TPSA) is 46.8 Å². The molecule has 2 aromatic carbocycles. The van der Waals surface area contributed by atoms with Crippen molar-refractivity contribution in [3.8, 4) is 0 Å². The maximum absolute atomic E-state index is 4.74. The van der Waals surface area contributed by atoms with Crippen LogP contribution in [0.4, 0.5) is 5.82 Å². The van der Waals surface area contributed by atoms with Crippen molar-refractivity contribution < 1.29 is 0 Å². The zero-order valence-electron chi connectivity index (χ0n) is 13.4. The lowest BCUT2D eigenvalue weighted by Crippen LogP contribution is -2.48. The van der Waals surface area contributed by atoms with Crippen molar-refractivity contribution in [1.29, 1.82) is 0 Å². The number of benzene rings is 2. The Balaban J connectivity index is 1.44. The number of hydrogen-bond acceptors (Lipinski definition) is 4. The minimum absolute atomic E-state index is 0.436. The highest BCUT2D eigenvalue weighted by Gasteiger charge is 2.31. The Morgan fingerprint density at radius 2 is 1.58 bits per heavy atom. The maximum Gasteiger partial charge on any atom is 0.147 e. The monoisotopic (exact) mass is 315 g/mol. The minimum atomic E-state index is 0.436. The van der Waals surface area contributed by atoms with E-state index in [0.29, 0.717) is 6.04 Å². The molecule has 118 valence electrons. The molecule has 1 fully saturated rings. The molecule has 0 spiro atoms. The van der Waals surface area contributed by atoms with E-state index in [1.165, 1.54) is 5.52 Å². The van der Waals surface area contributed by atoms with E-state index in [4.69, 9.17) is 4.98 Å². The highest BCUT2D eigenvalue weighted by atomic mass is 15.3. The summed E-state index contributed by atoms with van der Waals surface area (Å²) in [6.45, 7) is 3.96. The highest BCUT2D eigenvalue weighted by molar-refractivity contribution is 5.77. The van der Waals surface area contributed by atoms with Crippen molar-refractivity contribution in [2.45, 2.75) is 13.0 Å². The van der Waals surface area contributed by atoms with E-state index in [-0.39, 0.29) is 0 Å². The summed E-state index contributed by atoms with van der Waals surface area (Å²) in [6, 6.07) is 16.8. The summed E-state index contributed by atoms with van der Waals surface area (Å²) in [5.74, 6) is 2.03. The lowest BCUT2D eigenvalue weighted by Gasteiger charge is -2.41. The van der Waals surface area contributed by atoms with Gasteiger partial charge in [0.1, 0.15) is 11.6 Å². The molecule has 0 saturated carbocycles. The molecular formula is C19H17N5. The van der Waals surface area contributed by atoms with Crippen LogP contribution >= 0.6 is 0 Å². The summed E-state index contributed by atoms with van der Waals surface area (Å²) in [5, 5.41) is 0. The number of hydrogen-bond donors (Lipinski definition) is 0. The second-order valence-corrected chi connectivity index (χ2v) is 6.29. The molecule has 1 saturated heterocycles. The van der Waals surface area contributed by atoms with Gasteiger partial charge >= 0.3 is 0 Å². The first-order valence-corrected chi connectivity index (χ1v) is 8.20. The van der Waals surface area contributed by atoms with Gasteiger partial charge in [0, 0.05) is 13.1 Å². The van der Waals surface area contributed by atoms with Crippen LogP contribution in [0.5, 0.6) is 0 Å². The van der Waals surface area contributed by atoms with E-state index < -0.39 is 0 Å². The third kappa shape index (κ3) is 1.98. The quantitative estimate of drug-likeness (QED) is 0.569. The van der Waals surface area contributed by atoms with Crippen molar-refractivity contribution >= 4 is 27.9 Å². The van der Waals surface area contributed by atoms with E-state index in [9.17, 15) is 0 Å². The Bertz CT molecular complexity index is 1050. The number of aryl methyl sites for hydroxylation is 1. The van der Waals surface area contributed by atoms with Crippen molar-refractivity contribution in [2.24, 2.45) is 0 Å². The van der Waals surface area contributed by atoms with Gasteiger partial charge in [-0.15, -0.1) is 0 Å². The molecule has 24 heavy (non-hydrogen) atoms. The molecule has 0 N–H and O–H groups in total. The van der Waals surface area contributed by atoms with Gasteiger partial charge < -0.3 is 9.47 Å². The van der Waals surface area contributed by atoms with Gasteiger partial charge in [0.05, 0.1) is 34.3 Å². The van der Waals surface area contributed by atoms with Crippen LogP contribution in [0.15, 0.2) is 54.7 Å². The van der Waals surface area contributed by atoms with Crippen LogP contribution in [0.25, 0.3) is 22.1 Å². The van der Waals surface area contributed by atoms with E-state index in [2.05, 4.69) is 44.6 Å². The van der Waals surface area contributed by atoms with Crippen molar-refractivity contribution in [3.63, 3.8) is 0 Å². The molecule has 1 aliphatic rings. The van der Waals surface area contributed by atoms with Crippen LogP contribution in [0.2, 0.25) is 0 Å². The molecule has 0 atom stereocenters. The van der Waals surface area contributed by atoms with Crippen molar-refractivity contribution in [3.05, 3.63) is 60.6 Å². The third-order valence-corrected chi connectivity index (χ3v) is 4.76. The second kappa shape index (κ2) is 5.03. The molecule has 0 amide bonds. The van der Waals surface area contributed by atoms with Crippen LogP contribution in [0.3, 0.4) is 0 Å². The Morgan fingerprint density at radius 3 is 2.42 bits per heavy atom. The van der Waals surface area contributed by atoms with Crippen LogP contribution in [-0.4, -0.2) is 32.6 Å². The minimum Gasteiger partial charge on any atom is -0.351 e. The Kier molecular flexibility index (Phi) is 2.82. The molecule has 2 aromatic heterocycles. The zero-order valence-corrected chi connectivity index (χ0v) is 13.4. The van der Waals surface area contributed by atoms with Gasteiger partial charge in [0.15, 0.2) is 0 Å². The summed E-state index contributed by atoms with van der Waals surface area (Å²) in [5.41, 5.74) is 4.17. The first kappa shape index (κ1) is 13.5. The number of nitrogens with zero attached hydrogens (tertiary/aromatic N) is 5. The highest BCUT2D eigenvalue weighted by Crippen LogP contribution is 2.30. The van der Waals surface area contributed by atoms with Crippen LogP contribution in [0.1, 0.15) is 11.9 Å². The largest absolute Gasteiger partial charge is 0.351 e. The molecule has 0 unspecified atom stereocenters. The van der Waals surface area contributed by atoms with Gasteiger partial charge in [0.2, 0.25) is 0 Å². The molecule has 0 radical (unpaired) electrons. The maximum atomic E-state index is 4.74. The Hall–Kier alpha value is -2.95. The normalized spacial score (nSPS) is 15.1. The second-order valence-electron chi connectivity index (χ2n) is 6.29. The van der Waals surface area contributed by atoms with Gasteiger partial charge in [-0.2, -0.15) is 0 Å². The van der Waals surface area contributed by atoms with Crippen molar-refractivity contribution in [2.75, 3.05) is 18.0 Å². The van der Waals surface area contributed by atoms with Crippen molar-refractivity contribution in [1.82, 2.24) is 19.5 Å². The Morgan fingerprint density at radius 1 is 0.875 bits per heavy atom. The predicted octanol–water partition coefficient (Wildman–Crippen LogP) is 3.35. The molecule has 5 rings (SSSR count). The summed E-state index contributed by atoms with van der Waals surface area (Å²) in [4.78, 5) is 16.2. The van der Waals surface area contributed by atoms with Gasteiger partial charge in [-0.25, -0.2) is 9.97 Å². The Labute approximate surface area is 139 Å². The fraction of sp³-hybridized carbons (Fsp3) is 0.211. The first-order chi connectivity index (χ1) is 11.8. The average molecular weight is 315 g/mol. The van der Waals surface area contributed by atoms with E-state index in [1.54, 1.807) is 0 Å². The average Bonchev–Trinajstić information content (AvgIpc) is 2.90. The molecular weight excluding hydrogens is 298 g/mol. The van der Waals surface area contributed by atoms with E-state index in [1.807, 2.05) is 36.5 Å². The number of para-hydroxylation sites is 4. The van der Waals surface area contributed by atoms with Crippen LogP contribution in [-0.2, 0) is 0 Å². The lowest BCUT2D eigenvalue weighted by molar-refractivity contribution is 0.399. The number of aromatic nitrogens is 4. The molecule has 0 aliphatic carbocycles. The standard InChI is InChI=1S/C19H17N5/c1-13-21-17-8-4-5-9-18(17)24(13)14-11-23(12-14)19-10-20-15-6-2-3-7-16(15)22-19/h2-10,14H,11-12H2,1H3. The van der Waals surface area contributed by atoms with Gasteiger partial charge in [0.25, 0.3) is 0 Å². The molecule has 0 bridgehead atoms. The van der Waals surface area contributed by atoms with Gasteiger partial charge in [-0.3, -0.25) is 4.98 Å². The molecule has 1 aliphatic heterocycles. The molecule has 4 aromatic rings. The van der Waals surface area contributed by atoms with Crippen LogP contribution in [0, 0.1) is 6.92 Å². The summed E-state index contributed by atoms with van der Waals surface area (Å²) >= 11 is 0. The molecule has 5 nitrogen and oxygen atoms in total. The molecule has 3 heterocycles. The summed E-state index contributed by atoms with van der Waals surface area (Å²) < 4.78 is 2.35. The fourth-order valence-electron chi connectivity index (χ4n) is 3.53. The van der Waals surface area contributed by atoms with Gasteiger partial charge in [-0.05, 0) is 31.2 Å². The molecule has 5 heteroatoms. The number of fused-ring (bicyclic) bond motifs is 2. The van der Waals surface area contributed by atoms with Crippen LogP contribution < -0.4 is 4.90 Å². The number of imidazole rings is 1. The third-order valence-electron chi connectivity index (χ3n) is 4.76. The van der Waals surface area contributed by atoms with Gasteiger partial charge in [-0.1, -0.05) is 24.3 Å². The van der Waals surface area contributed by atoms with E-state index in [0.717, 1.165) is 41.3 Å². The first-order valence-electron chi connectivity index (χ1n) is 8.20. The zero-order chi connectivity index (χ0) is 16.1. The SMILES string of the molecule is Cc1nc2ccccc2n1C1CN(c2cnc3ccccc3n2)C1. The summed E-state index contributed by atoms with van der Waals surface area (Å²) in [6.07, 6.45) is 1.87. The van der Waals surface area contributed by atoms with E-state index >= 15 is 0 Å². The fourth-order valence-corrected chi connectivity index (χ4v) is 3.53. The summed E-state index contributed by atoms with van der Waals surface area (Å²) in [7, 11) is 0. The predicted molar refractivity (Wildman–Crippen MR) is 95.3 cm³/mol.